The minimum atomic E-state index is 0.0622. The summed E-state index contributed by atoms with van der Waals surface area (Å²) in [5.74, 6) is 0.415. The zero-order valence-electron chi connectivity index (χ0n) is 13.6. The molecule has 1 amide bonds. The van der Waals surface area contributed by atoms with Gasteiger partial charge in [0.1, 0.15) is 0 Å². The number of hydrogen-bond donors (Lipinski definition) is 0. The third kappa shape index (κ3) is 3.46. The van der Waals surface area contributed by atoms with Crippen molar-refractivity contribution >= 4 is 5.91 Å². The average Bonchev–Trinajstić information content (AvgIpc) is 2.98. The largest absolute Gasteiger partial charge is 0.377 e. The van der Waals surface area contributed by atoms with Crippen molar-refractivity contribution in [3.05, 3.63) is 42.2 Å². The van der Waals surface area contributed by atoms with Crippen LogP contribution in [0, 0.1) is 12.8 Å². The summed E-state index contributed by atoms with van der Waals surface area (Å²) >= 11 is 0. The smallest absolute Gasteiger partial charge is 0.255 e. The fourth-order valence-corrected chi connectivity index (χ4v) is 3.63. The zero-order chi connectivity index (χ0) is 16.2. The normalized spacial score (nSPS) is 26.8. The first kappa shape index (κ1) is 16.1. The van der Waals surface area contributed by atoms with Gasteiger partial charge in [-0.3, -0.25) is 9.78 Å². The third-order valence-corrected chi connectivity index (χ3v) is 4.67. The fourth-order valence-electron chi connectivity index (χ4n) is 3.63. The summed E-state index contributed by atoms with van der Waals surface area (Å²) in [6.07, 6.45) is 7.26. The SMILES string of the molecule is C=CCOCC1CCC2C1OCCN2C(=O)c1cncc(C)c1. The molecule has 5 heteroatoms. The number of carbonyl (C=O) groups is 1. The van der Waals surface area contributed by atoms with Gasteiger partial charge in [0, 0.05) is 24.9 Å². The summed E-state index contributed by atoms with van der Waals surface area (Å²) in [6.45, 7) is 8.08. The van der Waals surface area contributed by atoms with Crippen LogP contribution in [0.5, 0.6) is 0 Å². The number of fused-ring (bicyclic) bond motifs is 1. The van der Waals surface area contributed by atoms with Crippen LogP contribution in [0.2, 0.25) is 0 Å². The second-order valence-electron chi connectivity index (χ2n) is 6.32. The summed E-state index contributed by atoms with van der Waals surface area (Å²) in [4.78, 5) is 19.0. The van der Waals surface area contributed by atoms with Gasteiger partial charge in [-0.25, -0.2) is 0 Å². The highest BCUT2D eigenvalue weighted by atomic mass is 16.5. The minimum absolute atomic E-state index is 0.0622. The number of amides is 1. The standard InChI is InChI=1S/C18H24N2O3/c1-3-7-22-12-14-4-5-16-17(14)23-8-6-20(16)18(21)15-9-13(2)10-19-11-15/h3,9-11,14,16-17H,1,4-8,12H2,2H3. The maximum absolute atomic E-state index is 12.8. The fraction of sp³-hybridized carbons (Fsp3) is 0.556. The lowest BCUT2D eigenvalue weighted by molar-refractivity contribution is -0.0738. The lowest BCUT2D eigenvalue weighted by Gasteiger charge is -2.39. The highest BCUT2D eigenvalue weighted by molar-refractivity contribution is 5.94. The van der Waals surface area contributed by atoms with Gasteiger partial charge in [0.15, 0.2) is 0 Å². The number of hydrogen-bond acceptors (Lipinski definition) is 4. The van der Waals surface area contributed by atoms with E-state index in [4.69, 9.17) is 9.47 Å². The molecule has 1 aromatic rings. The Bertz CT molecular complexity index is 575. The second kappa shape index (κ2) is 7.23. The summed E-state index contributed by atoms with van der Waals surface area (Å²) in [5.41, 5.74) is 1.67. The van der Waals surface area contributed by atoms with Crippen LogP contribution in [0.1, 0.15) is 28.8 Å². The molecule has 2 fully saturated rings. The molecule has 0 N–H and O–H groups in total. The van der Waals surface area contributed by atoms with E-state index in [0.717, 1.165) is 18.4 Å². The molecule has 23 heavy (non-hydrogen) atoms. The molecule has 2 heterocycles. The number of morpholine rings is 1. The van der Waals surface area contributed by atoms with Crippen LogP contribution in [-0.4, -0.2) is 54.3 Å². The Labute approximate surface area is 137 Å². The molecule has 0 aromatic carbocycles. The predicted octanol–water partition coefficient (Wildman–Crippen LogP) is 2.21. The lowest BCUT2D eigenvalue weighted by atomic mass is 10.0. The van der Waals surface area contributed by atoms with E-state index < -0.39 is 0 Å². The molecule has 3 atom stereocenters. The molecule has 2 aliphatic rings. The number of aromatic nitrogens is 1. The van der Waals surface area contributed by atoms with Gasteiger partial charge in [-0.2, -0.15) is 0 Å². The molecule has 1 saturated heterocycles. The predicted molar refractivity (Wildman–Crippen MR) is 87.3 cm³/mol. The van der Waals surface area contributed by atoms with E-state index in [9.17, 15) is 4.79 Å². The topological polar surface area (TPSA) is 51.7 Å². The van der Waals surface area contributed by atoms with Gasteiger partial charge >= 0.3 is 0 Å². The molecule has 0 spiro atoms. The van der Waals surface area contributed by atoms with Crippen molar-refractivity contribution in [1.29, 1.82) is 0 Å². The Kier molecular flexibility index (Phi) is 5.08. The summed E-state index contributed by atoms with van der Waals surface area (Å²) < 4.78 is 11.6. The van der Waals surface area contributed by atoms with E-state index >= 15 is 0 Å². The lowest BCUT2D eigenvalue weighted by Crippen LogP contribution is -2.53. The van der Waals surface area contributed by atoms with Crippen molar-refractivity contribution in [3.63, 3.8) is 0 Å². The Morgan fingerprint density at radius 1 is 1.52 bits per heavy atom. The van der Waals surface area contributed by atoms with Crippen LogP contribution >= 0.6 is 0 Å². The van der Waals surface area contributed by atoms with E-state index in [2.05, 4.69) is 11.6 Å². The van der Waals surface area contributed by atoms with Crippen LogP contribution in [-0.2, 0) is 9.47 Å². The van der Waals surface area contributed by atoms with Crippen molar-refractivity contribution in [1.82, 2.24) is 9.88 Å². The van der Waals surface area contributed by atoms with Crippen molar-refractivity contribution in [3.8, 4) is 0 Å². The van der Waals surface area contributed by atoms with E-state index in [1.807, 2.05) is 17.9 Å². The molecule has 5 nitrogen and oxygen atoms in total. The summed E-state index contributed by atoms with van der Waals surface area (Å²) in [6, 6.07) is 2.05. The average molecular weight is 316 g/mol. The summed E-state index contributed by atoms with van der Waals surface area (Å²) in [7, 11) is 0. The van der Waals surface area contributed by atoms with Crippen LogP contribution in [0.25, 0.3) is 0 Å². The van der Waals surface area contributed by atoms with Gasteiger partial charge in [0.25, 0.3) is 5.91 Å². The second-order valence-corrected chi connectivity index (χ2v) is 6.32. The maximum atomic E-state index is 12.8. The van der Waals surface area contributed by atoms with E-state index in [0.29, 0.717) is 37.8 Å². The first-order valence-electron chi connectivity index (χ1n) is 8.23. The van der Waals surface area contributed by atoms with Crippen molar-refractivity contribution < 1.29 is 14.3 Å². The number of rotatable bonds is 5. The van der Waals surface area contributed by atoms with Gasteiger partial charge in [-0.1, -0.05) is 6.08 Å². The first-order valence-corrected chi connectivity index (χ1v) is 8.23. The highest BCUT2D eigenvalue weighted by Gasteiger charge is 2.44. The van der Waals surface area contributed by atoms with Crippen molar-refractivity contribution in [2.24, 2.45) is 5.92 Å². The number of carbonyl (C=O) groups excluding carboxylic acids is 1. The maximum Gasteiger partial charge on any atom is 0.255 e. The Hall–Kier alpha value is -1.72. The van der Waals surface area contributed by atoms with E-state index in [1.54, 1.807) is 18.5 Å². The monoisotopic (exact) mass is 316 g/mol. The molecule has 0 radical (unpaired) electrons. The van der Waals surface area contributed by atoms with Gasteiger partial charge < -0.3 is 14.4 Å². The Balaban J connectivity index is 1.69. The molecule has 3 rings (SSSR count). The Morgan fingerprint density at radius 3 is 3.17 bits per heavy atom. The summed E-state index contributed by atoms with van der Waals surface area (Å²) in [5, 5.41) is 0. The van der Waals surface area contributed by atoms with Crippen LogP contribution in [0.3, 0.4) is 0 Å². The van der Waals surface area contributed by atoms with Crippen molar-refractivity contribution in [2.45, 2.75) is 31.9 Å². The number of pyridine rings is 1. The third-order valence-electron chi connectivity index (χ3n) is 4.67. The Morgan fingerprint density at radius 2 is 2.39 bits per heavy atom. The molecule has 1 aliphatic heterocycles. The minimum Gasteiger partial charge on any atom is -0.377 e. The number of nitrogens with zero attached hydrogens (tertiary/aromatic N) is 2. The van der Waals surface area contributed by atoms with Crippen molar-refractivity contribution in [2.75, 3.05) is 26.4 Å². The molecular formula is C18H24N2O3. The van der Waals surface area contributed by atoms with Crippen LogP contribution < -0.4 is 0 Å². The zero-order valence-corrected chi connectivity index (χ0v) is 13.6. The van der Waals surface area contributed by atoms with Gasteiger partial charge in [-0.15, -0.1) is 6.58 Å². The van der Waals surface area contributed by atoms with Gasteiger partial charge in [0.2, 0.25) is 0 Å². The molecule has 0 bridgehead atoms. The molecular weight excluding hydrogens is 292 g/mol. The number of ether oxygens (including phenoxy) is 2. The molecule has 1 saturated carbocycles. The first-order chi connectivity index (χ1) is 11.2. The quantitative estimate of drug-likeness (QED) is 0.617. The molecule has 3 unspecified atom stereocenters. The van der Waals surface area contributed by atoms with E-state index in [-0.39, 0.29) is 18.1 Å². The van der Waals surface area contributed by atoms with Crippen LogP contribution in [0.4, 0.5) is 0 Å². The molecule has 1 aromatic heterocycles. The molecule has 1 aliphatic carbocycles. The molecule has 124 valence electrons. The van der Waals surface area contributed by atoms with Gasteiger partial charge in [-0.05, 0) is 31.4 Å². The highest BCUT2D eigenvalue weighted by Crippen LogP contribution is 2.35. The van der Waals surface area contributed by atoms with Crippen LogP contribution in [0.15, 0.2) is 31.1 Å². The van der Waals surface area contributed by atoms with Gasteiger partial charge in [0.05, 0.1) is 37.5 Å². The van der Waals surface area contributed by atoms with E-state index in [1.165, 1.54) is 0 Å². The number of aryl methyl sites for hydroxylation is 1.